The minimum Gasteiger partial charge on any atom is -0.0836 e. The molecule has 0 aliphatic heterocycles. The number of hydrogen-bond donors (Lipinski definition) is 0. The van der Waals surface area contributed by atoms with Crippen molar-refractivity contribution in [2.24, 2.45) is 0 Å². The van der Waals surface area contributed by atoms with Gasteiger partial charge in [0.15, 0.2) is 0 Å². The van der Waals surface area contributed by atoms with Crippen LogP contribution in [0.15, 0.2) is 42.5 Å². The summed E-state index contributed by atoms with van der Waals surface area (Å²) in [6.45, 7) is 0. The van der Waals surface area contributed by atoms with E-state index in [1.54, 1.807) is 5.56 Å². The molecule has 0 aromatic heterocycles. The Hall–Kier alpha value is -1.82. The molecule has 0 atom stereocenters. The molecule has 0 N–H and O–H groups in total. The van der Waals surface area contributed by atoms with Gasteiger partial charge in [-0.3, -0.25) is 0 Å². The maximum Gasteiger partial charge on any atom is -0.00140 e. The second-order valence-corrected chi connectivity index (χ2v) is 5.34. The van der Waals surface area contributed by atoms with Crippen LogP contribution in [0.5, 0.6) is 0 Å². The lowest BCUT2D eigenvalue weighted by molar-refractivity contribution is 0.942. The average molecular weight is 232 g/mol. The molecule has 0 saturated heterocycles. The second-order valence-electron chi connectivity index (χ2n) is 5.34. The van der Waals surface area contributed by atoms with E-state index in [1.165, 1.54) is 40.7 Å². The SMILES string of the molecule is C1=Cc2c(ccc3c2Cc2ccccc2C3)CC1. The molecule has 0 unspecified atom stereocenters. The molecule has 2 aliphatic rings. The summed E-state index contributed by atoms with van der Waals surface area (Å²) in [6, 6.07) is 13.6. The fourth-order valence-electron chi connectivity index (χ4n) is 3.30. The molecule has 2 aliphatic carbocycles. The van der Waals surface area contributed by atoms with Crippen LogP contribution in [0.1, 0.15) is 39.8 Å². The lowest BCUT2D eigenvalue weighted by atomic mass is 9.80. The summed E-state index contributed by atoms with van der Waals surface area (Å²) in [5, 5.41) is 0. The van der Waals surface area contributed by atoms with Gasteiger partial charge in [0, 0.05) is 0 Å². The van der Waals surface area contributed by atoms with Crippen molar-refractivity contribution < 1.29 is 0 Å². The molecule has 0 bridgehead atoms. The summed E-state index contributed by atoms with van der Waals surface area (Å²) >= 11 is 0. The zero-order valence-corrected chi connectivity index (χ0v) is 10.4. The molecular weight excluding hydrogens is 216 g/mol. The highest BCUT2D eigenvalue weighted by Crippen LogP contribution is 2.33. The van der Waals surface area contributed by atoms with Crippen molar-refractivity contribution in [2.45, 2.75) is 25.7 Å². The molecule has 4 rings (SSSR count). The van der Waals surface area contributed by atoms with Crippen molar-refractivity contribution in [2.75, 3.05) is 0 Å². The van der Waals surface area contributed by atoms with Gasteiger partial charge in [0.2, 0.25) is 0 Å². The van der Waals surface area contributed by atoms with Crippen molar-refractivity contribution in [1.29, 1.82) is 0 Å². The van der Waals surface area contributed by atoms with Gasteiger partial charge < -0.3 is 0 Å². The van der Waals surface area contributed by atoms with Crippen molar-refractivity contribution in [3.05, 3.63) is 75.9 Å². The first-order valence-electron chi connectivity index (χ1n) is 6.79. The number of hydrogen-bond acceptors (Lipinski definition) is 0. The molecule has 0 amide bonds. The fraction of sp³-hybridized carbons (Fsp3) is 0.222. The topological polar surface area (TPSA) is 0 Å². The Morgan fingerprint density at radius 3 is 2.39 bits per heavy atom. The average Bonchev–Trinajstić information content (AvgIpc) is 2.45. The van der Waals surface area contributed by atoms with Crippen molar-refractivity contribution >= 4 is 6.08 Å². The quantitative estimate of drug-likeness (QED) is 0.546. The van der Waals surface area contributed by atoms with Gasteiger partial charge in [-0.15, -0.1) is 0 Å². The highest BCUT2D eigenvalue weighted by molar-refractivity contribution is 5.64. The van der Waals surface area contributed by atoms with Crippen molar-refractivity contribution in [3.8, 4) is 0 Å². The van der Waals surface area contributed by atoms with E-state index in [4.69, 9.17) is 0 Å². The largest absolute Gasteiger partial charge is 0.0836 e. The summed E-state index contributed by atoms with van der Waals surface area (Å²) in [4.78, 5) is 0. The number of allylic oxidation sites excluding steroid dienone is 1. The Balaban J connectivity index is 1.89. The molecule has 88 valence electrons. The van der Waals surface area contributed by atoms with Gasteiger partial charge in [-0.1, -0.05) is 48.6 Å². The third-order valence-electron chi connectivity index (χ3n) is 4.28. The molecule has 0 heterocycles. The van der Waals surface area contributed by atoms with Crippen LogP contribution >= 0.6 is 0 Å². The Bertz CT molecular complexity index is 647. The van der Waals surface area contributed by atoms with Gasteiger partial charge in [0.05, 0.1) is 0 Å². The van der Waals surface area contributed by atoms with E-state index >= 15 is 0 Å². The zero-order valence-electron chi connectivity index (χ0n) is 10.4. The summed E-state index contributed by atoms with van der Waals surface area (Å²) < 4.78 is 0. The van der Waals surface area contributed by atoms with Gasteiger partial charge in [-0.25, -0.2) is 0 Å². The summed E-state index contributed by atoms with van der Waals surface area (Å²) in [5.41, 5.74) is 9.16. The zero-order chi connectivity index (χ0) is 11.9. The molecule has 2 aromatic rings. The van der Waals surface area contributed by atoms with E-state index in [0.717, 1.165) is 12.8 Å². The fourth-order valence-corrected chi connectivity index (χ4v) is 3.30. The van der Waals surface area contributed by atoms with Crippen LogP contribution in [-0.2, 0) is 19.3 Å². The lowest BCUT2D eigenvalue weighted by Gasteiger charge is -2.24. The maximum atomic E-state index is 2.35. The van der Waals surface area contributed by atoms with Crippen LogP contribution in [-0.4, -0.2) is 0 Å². The van der Waals surface area contributed by atoms with E-state index in [1.807, 2.05) is 0 Å². The van der Waals surface area contributed by atoms with Crippen LogP contribution in [0.4, 0.5) is 0 Å². The molecule has 0 spiro atoms. The van der Waals surface area contributed by atoms with Gasteiger partial charge >= 0.3 is 0 Å². The minimum absolute atomic E-state index is 1.10. The molecule has 0 saturated carbocycles. The van der Waals surface area contributed by atoms with E-state index in [-0.39, 0.29) is 0 Å². The van der Waals surface area contributed by atoms with Gasteiger partial charge in [-0.2, -0.15) is 0 Å². The molecule has 0 nitrogen and oxygen atoms in total. The normalized spacial score (nSPS) is 15.8. The summed E-state index contributed by atoms with van der Waals surface area (Å²) in [6.07, 6.45) is 9.28. The number of aryl methyl sites for hydroxylation is 1. The molecule has 2 aromatic carbocycles. The van der Waals surface area contributed by atoms with Crippen LogP contribution in [0.25, 0.3) is 6.08 Å². The first-order valence-corrected chi connectivity index (χ1v) is 6.79. The monoisotopic (exact) mass is 232 g/mol. The van der Waals surface area contributed by atoms with Crippen LogP contribution < -0.4 is 0 Å². The second kappa shape index (κ2) is 3.84. The van der Waals surface area contributed by atoms with Gasteiger partial charge in [-0.05, 0) is 59.1 Å². The Labute approximate surface area is 108 Å². The number of fused-ring (bicyclic) bond motifs is 4. The van der Waals surface area contributed by atoms with E-state index in [2.05, 4.69) is 48.6 Å². The molecule has 0 radical (unpaired) electrons. The van der Waals surface area contributed by atoms with E-state index in [0.29, 0.717) is 0 Å². The summed E-state index contributed by atoms with van der Waals surface area (Å²) in [7, 11) is 0. The smallest absolute Gasteiger partial charge is 0.00140 e. The standard InChI is InChI=1S/C18H16/c1-2-7-15-12-18-16(11-14(15)6-1)10-9-13-5-3-4-8-17(13)18/h1-2,4,6-10H,3,5,11-12H2. The highest BCUT2D eigenvalue weighted by atomic mass is 14.2. The minimum atomic E-state index is 1.10. The lowest BCUT2D eigenvalue weighted by Crippen LogP contribution is -2.11. The predicted molar refractivity (Wildman–Crippen MR) is 75.9 cm³/mol. The Morgan fingerprint density at radius 1 is 0.722 bits per heavy atom. The van der Waals surface area contributed by atoms with Gasteiger partial charge in [0.25, 0.3) is 0 Å². The van der Waals surface area contributed by atoms with E-state index < -0.39 is 0 Å². The maximum absolute atomic E-state index is 2.35. The number of benzene rings is 2. The third-order valence-corrected chi connectivity index (χ3v) is 4.28. The predicted octanol–water partition coefficient (Wildman–Crippen LogP) is 4.14. The van der Waals surface area contributed by atoms with Crippen molar-refractivity contribution in [3.63, 3.8) is 0 Å². The van der Waals surface area contributed by atoms with Crippen LogP contribution in [0.3, 0.4) is 0 Å². The summed E-state index contributed by atoms with van der Waals surface area (Å²) in [5.74, 6) is 0. The Morgan fingerprint density at radius 2 is 1.50 bits per heavy atom. The first kappa shape index (κ1) is 10.1. The highest BCUT2D eigenvalue weighted by Gasteiger charge is 2.19. The Kier molecular flexibility index (Phi) is 2.16. The number of rotatable bonds is 0. The molecular formula is C18H16. The first-order chi connectivity index (χ1) is 8.92. The van der Waals surface area contributed by atoms with Crippen molar-refractivity contribution in [1.82, 2.24) is 0 Å². The molecule has 18 heavy (non-hydrogen) atoms. The third kappa shape index (κ3) is 1.45. The van der Waals surface area contributed by atoms with Crippen LogP contribution in [0.2, 0.25) is 0 Å². The van der Waals surface area contributed by atoms with Gasteiger partial charge in [0.1, 0.15) is 0 Å². The van der Waals surface area contributed by atoms with Crippen LogP contribution in [0, 0.1) is 0 Å². The molecule has 0 fully saturated rings. The molecule has 0 heteroatoms. The van der Waals surface area contributed by atoms with E-state index in [9.17, 15) is 0 Å².